The van der Waals surface area contributed by atoms with Gasteiger partial charge in [-0.3, -0.25) is 4.68 Å². The van der Waals surface area contributed by atoms with Gasteiger partial charge in [0.1, 0.15) is 9.71 Å². The van der Waals surface area contributed by atoms with E-state index in [1.165, 1.54) is 11.3 Å². The Bertz CT molecular complexity index is 1080. The van der Waals surface area contributed by atoms with Crippen molar-refractivity contribution in [3.63, 3.8) is 0 Å². The maximum absolute atomic E-state index is 12.3. The molecular formula is C17H13ClN4O3S. The van der Waals surface area contributed by atoms with Crippen molar-refractivity contribution in [2.45, 2.75) is 13.5 Å². The molecule has 0 radical (unpaired) electrons. The van der Waals surface area contributed by atoms with Gasteiger partial charge in [0.25, 0.3) is 5.89 Å². The largest absolute Gasteiger partial charge is 0.451 e. The summed E-state index contributed by atoms with van der Waals surface area (Å²) in [4.78, 5) is 17.9. The summed E-state index contributed by atoms with van der Waals surface area (Å²) in [6.45, 7) is 1.79. The lowest BCUT2D eigenvalue weighted by Gasteiger charge is -1.99. The van der Waals surface area contributed by atoms with Crippen molar-refractivity contribution in [2.24, 2.45) is 7.05 Å². The van der Waals surface area contributed by atoms with Crippen molar-refractivity contribution in [3.05, 3.63) is 51.8 Å². The van der Waals surface area contributed by atoms with E-state index in [0.29, 0.717) is 21.3 Å². The van der Waals surface area contributed by atoms with E-state index in [4.69, 9.17) is 20.9 Å². The molecule has 9 heteroatoms. The van der Waals surface area contributed by atoms with Crippen LogP contribution in [-0.4, -0.2) is 25.9 Å². The monoisotopic (exact) mass is 388 g/mol. The van der Waals surface area contributed by atoms with Crippen LogP contribution in [0, 0.1) is 6.92 Å². The Balaban J connectivity index is 1.47. The van der Waals surface area contributed by atoms with Crippen LogP contribution in [0.3, 0.4) is 0 Å². The zero-order valence-electron chi connectivity index (χ0n) is 13.9. The molecule has 0 aliphatic carbocycles. The van der Waals surface area contributed by atoms with Gasteiger partial charge in [0.05, 0.1) is 10.7 Å². The number of hydrogen-bond acceptors (Lipinski definition) is 7. The zero-order valence-corrected chi connectivity index (χ0v) is 15.5. The summed E-state index contributed by atoms with van der Waals surface area (Å²) < 4.78 is 12.2. The van der Waals surface area contributed by atoms with E-state index in [1.807, 2.05) is 26.1 Å². The van der Waals surface area contributed by atoms with E-state index in [0.717, 1.165) is 15.9 Å². The lowest BCUT2D eigenvalue weighted by molar-refractivity contribution is 0.0435. The maximum atomic E-state index is 12.3. The molecule has 0 aliphatic heterocycles. The fraction of sp³-hybridized carbons (Fsp3) is 0.176. The Morgan fingerprint density at radius 2 is 2.19 bits per heavy atom. The number of aryl methyl sites for hydroxylation is 2. The fourth-order valence-electron chi connectivity index (χ4n) is 2.57. The molecular weight excluding hydrogens is 376 g/mol. The van der Waals surface area contributed by atoms with Gasteiger partial charge in [-0.1, -0.05) is 28.9 Å². The second kappa shape index (κ2) is 6.54. The molecule has 4 rings (SSSR count). The van der Waals surface area contributed by atoms with Crippen LogP contribution in [-0.2, 0) is 18.4 Å². The summed E-state index contributed by atoms with van der Waals surface area (Å²) in [6.07, 6.45) is 0. The molecule has 3 aromatic heterocycles. The van der Waals surface area contributed by atoms with Crippen molar-refractivity contribution < 1.29 is 14.1 Å². The molecule has 3 heterocycles. The summed E-state index contributed by atoms with van der Waals surface area (Å²) in [7, 11) is 1.84. The van der Waals surface area contributed by atoms with E-state index in [2.05, 4.69) is 15.2 Å². The molecule has 0 fully saturated rings. The van der Waals surface area contributed by atoms with Gasteiger partial charge >= 0.3 is 5.97 Å². The SMILES string of the molecule is Cc1nn(C)c2sc(C(=O)OCc3nc(-c4ccccc4Cl)no3)cc12. The Hall–Kier alpha value is -2.71. The Morgan fingerprint density at radius 1 is 1.38 bits per heavy atom. The Kier molecular flexibility index (Phi) is 4.21. The van der Waals surface area contributed by atoms with Gasteiger partial charge in [0.15, 0.2) is 6.61 Å². The number of halogens is 1. The zero-order chi connectivity index (χ0) is 18.3. The van der Waals surface area contributed by atoms with Crippen molar-refractivity contribution in [1.29, 1.82) is 0 Å². The van der Waals surface area contributed by atoms with Gasteiger partial charge in [0.2, 0.25) is 5.82 Å². The Morgan fingerprint density at radius 3 is 2.96 bits per heavy atom. The van der Waals surface area contributed by atoms with Gasteiger partial charge in [0, 0.05) is 18.0 Å². The van der Waals surface area contributed by atoms with Crippen molar-refractivity contribution in [2.75, 3.05) is 0 Å². The van der Waals surface area contributed by atoms with Crippen LogP contribution in [0.4, 0.5) is 0 Å². The molecule has 7 nitrogen and oxygen atoms in total. The van der Waals surface area contributed by atoms with Crippen LogP contribution in [0.15, 0.2) is 34.9 Å². The molecule has 0 N–H and O–H groups in total. The summed E-state index contributed by atoms with van der Waals surface area (Å²) in [6, 6.07) is 8.96. The van der Waals surface area contributed by atoms with E-state index in [-0.39, 0.29) is 12.5 Å². The third-order valence-electron chi connectivity index (χ3n) is 3.81. The van der Waals surface area contributed by atoms with Gasteiger partial charge in [-0.05, 0) is 25.1 Å². The second-order valence-electron chi connectivity index (χ2n) is 5.61. The topological polar surface area (TPSA) is 83.0 Å². The maximum Gasteiger partial charge on any atom is 0.348 e. The van der Waals surface area contributed by atoms with E-state index in [9.17, 15) is 4.79 Å². The molecule has 0 atom stereocenters. The number of carbonyl (C=O) groups is 1. The highest BCUT2D eigenvalue weighted by Crippen LogP contribution is 2.28. The smallest absolute Gasteiger partial charge is 0.348 e. The molecule has 4 aromatic rings. The third-order valence-corrected chi connectivity index (χ3v) is 5.32. The molecule has 1 aromatic carbocycles. The standard InChI is InChI=1S/C17H13ClN4O3S/c1-9-11-7-13(26-16(11)22(2)20-9)17(23)24-8-14-19-15(21-25-14)10-5-3-4-6-12(10)18/h3-7H,8H2,1-2H3. The van der Waals surface area contributed by atoms with Crippen LogP contribution in [0.2, 0.25) is 5.02 Å². The second-order valence-corrected chi connectivity index (χ2v) is 7.04. The van der Waals surface area contributed by atoms with Crippen LogP contribution >= 0.6 is 22.9 Å². The number of hydrogen-bond donors (Lipinski definition) is 0. The highest BCUT2D eigenvalue weighted by atomic mass is 35.5. The lowest BCUT2D eigenvalue weighted by atomic mass is 10.2. The summed E-state index contributed by atoms with van der Waals surface area (Å²) in [5.74, 6) is 0.112. The fourth-order valence-corrected chi connectivity index (χ4v) is 3.81. The molecule has 0 saturated heterocycles. The van der Waals surface area contributed by atoms with Gasteiger partial charge in [-0.15, -0.1) is 11.3 Å². The molecule has 0 unspecified atom stereocenters. The number of carbonyl (C=O) groups excluding carboxylic acids is 1. The number of esters is 1. The predicted octanol–water partition coefficient (Wildman–Crippen LogP) is 4.00. The highest BCUT2D eigenvalue weighted by molar-refractivity contribution is 7.20. The normalized spacial score (nSPS) is 11.2. The van der Waals surface area contributed by atoms with Gasteiger partial charge in [-0.2, -0.15) is 10.1 Å². The first-order valence-electron chi connectivity index (χ1n) is 7.70. The Labute approximate surface area is 157 Å². The summed E-state index contributed by atoms with van der Waals surface area (Å²) >= 11 is 7.45. The molecule has 26 heavy (non-hydrogen) atoms. The van der Waals surface area contributed by atoms with Crippen molar-refractivity contribution in [1.82, 2.24) is 19.9 Å². The van der Waals surface area contributed by atoms with Crippen LogP contribution < -0.4 is 0 Å². The molecule has 0 aliphatic rings. The molecule has 0 amide bonds. The van der Waals surface area contributed by atoms with Crippen LogP contribution in [0.5, 0.6) is 0 Å². The van der Waals surface area contributed by atoms with Crippen LogP contribution in [0.1, 0.15) is 21.3 Å². The number of nitrogens with zero attached hydrogens (tertiary/aromatic N) is 4. The summed E-state index contributed by atoms with van der Waals surface area (Å²) in [5.41, 5.74) is 1.53. The van der Waals surface area contributed by atoms with E-state index in [1.54, 1.807) is 22.9 Å². The number of benzene rings is 1. The first kappa shape index (κ1) is 16.7. The molecule has 132 valence electrons. The highest BCUT2D eigenvalue weighted by Gasteiger charge is 2.18. The predicted molar refractivity (Wildman–Crippen MR) is 97.2 cm³/mol. The number of fused-ring (bicyclic) bond motifs is 1. The minimum atomic E-state index is -0.442. The average molecular weight is 389 g/mol. The average Bonchev–Trinajstić information content (AvgIpc) is 3.32. The molecule has 0 bridgehead atoms. The number of aromatic nitrogens is 4. The van der Waals surface area contributed by atoms with E-state index >= 15 is 0 Å². The quantitative estimate of drug-likeness (QED) is 0.491. The first-order chi connectivity index (χ1) is 12.5. The van der Waals surface area contributed by atoms with Gasteiger partial charge in [-0.25, -0.2) is 4.79 Å². The van der Waals surface area contributed by atoms with Gasteiger partial charge < -0.3 is 9.26 Å². The first-order valence-corrected chi connectivity index (χ1v) is 8.90. The number of rotatable bonds is 4. The minimum Gasteiger partial charge on any atom is -0.451 e. The number of thiophene rings is 1. The van der Waals surface area contributed by atoms with E-state index < -0.39 is 5.97 Å². The van der Waals surface area contributed by atoms with Crippen LogP contribution in [0.25, 0.3) is 21.6 Å². The molecule has 0 saturated carbocycles. The summed E-state index contributed by atoms with van der Waals surface area (Å²) in [5, 5.41) is 9.66. The lowest BCUT2D eigenvalue weighted by Crippen LogP contribution is -2.03. The number of ether oxygens (including phenoxy) is 1. The van der Waals surface area contributed by atoms with Crippen molar-refractivity contribution >= 4 is 39.1 Å². The van der Waals surface area contributed by atoms with Crippen molar-refractivity contribution in [3.8, 4) is 11.4 Å². The molecule has 0 spiro atoms. The third kappa shape index (κ3) is 2.97. The minimum absolute atomic E-state index is 0.109.